The van der Waals surface area contributed by atoms with Crippen molar-refractivity contribution < 1.29 is 28.2 Å². The number of hydrogen-bond acceptors (Lipinski definition) is 7. The van der Waals surface area contributed by atoms with E-state index in [0.717, 1.165) is 4.90 Å². The summed E-state index contributed by atoms with van der Waals surface area (Å²) in [5.41, 5.74) is 1.42. The van der Waals surface area contributed by atoms with Crippen molar-refractivity contribution in [3.05, 3.63) is 76.3 Å². The Labute approximate surface area is 245 Å². The second-order valence-electron chi connectivity index (χ2n) is 10.9. The molecule has 42 heavy (non-hydrogen) atoms. The number of carbonyl (C=O) groups is 3. The molecule has 2 aliphatic heterocycles. The number of carbonyl (C=O) groups excluding carboxylic acids is 3. The number of rotatable bonds is 3. The SMILES string of the molecule is CCc1c(-c2cc3cc(N4C(=O)c5ccccc5C4=O)ncc3c(Cl)c2F)cnc2c1N(C(=O)OC(C)(C)C)CCO2. The first-order valence-corrected chi connectivity index (χ1v) is 13.8. The molecule has 3 amide bonds. The Kier molecular flexibility index (Phi) is 6.61. The number of fused-ring (bicyclic) bond motifs is 3. The Hall–Kier alpha value is -4.57. The van der Waals surface area contributed by atoms with E-state index in [0.29, 0.717) is 34.0 Å². The first-order chi connectivity index (χ1) is 20.0. The lowest BCUT2D eigenvalue weighted by molar-refractivity contribution is 0.0566. The summed E-state index contributed by atoms with van der Waals surface area (Å²) < 4.78 is 27.3. The Morgan fingerprint density at radius 3 is 2.38 bits per heavy atom. The van der Waals surface area contributed by atoms with E-state index < -0.39 is 29.3 Å². The van der Waals surface area contributed by atoms with Gasteiger partial charge in [-0.2, -0.15) is 0 Å². The Morgan fingerprint density at radius 1 is 1.05 bits per heavy atom. The van der Waals surface area contributed by atoms with Crippen molar-refractivity contribution in [2.75, 3.05) is 23.0 Å². The minimum Gasteiger partial charge on any atom is -0.474 e. The van der Waals surface area contributed by atoms with E-state index in [2.05, 4.69) is 9.97 Å². The predicted octanol–water partition coefficient (Wildman–Crippen LogP) is 6.59. The summed E-state index contributed by atoms with van der Waals surface area (Å²) in [6.07, 6.45) is 2.68. The topological polar surface area (TPSA) is 102 Å². The first-order valence-electron chi connectivity index (χ1n) is 13.4. The highest BCUT2D eigenvalue weighted by Gasteiger charge is 2.37. The fourth-order valence-corrected chi connectivity index (χ4v) is 5.53. The zero-order chi connectivity index (χ0) is 29.9. The molecule has 4 heterocycles. The molecule has 0 atom stereocenters. The summed E-state index contributed by atoms with van der Waals surface area (Å²) in [7, 11) is 0. The van der Waals surface area contributed by atoms with Crippen LogP contribution in [0.5, 0.6) is 5.88 Å². The fraction of sp³-hybridized carbons (Fsp3) is 0.258. The van der Waals surface area contributed by atoms with Crippen LogP contribution < -0.4 is 14.5 Å². The van der Waals surface area contributed by atoms with Gasteiger partial charge in [0.15, 0.2) is 0 Å². The van der Waals surface area contributed by atoms with Gasteiger partial charge in [0, 0.05) is 28.9 Å². The van der Waals surface area contributed by atoms with Gasteiger partial charge in [0.2, 0.25) is 5.88 Å². The van der Waals surface area contributed by atoms with E-state index in [1.165, 1.54) is 23.4 Å². The largest absolute Gasteiger partial charge is 0.474 e. The van der Waals surface area contributed by atoms with E-state index in [9.17, 15) is 14.4 Å². The summed E-state index contributed by atoms with van der Waals surface area (Å²) in [6.45, 7) is 7.67. The molecule has 2 aromatic heterocycles. The molecular formula is C31H26ClFN4O5. The van der Waals surface area contributed by atoms with Crippen LogP contribution in [0.3, 0.4) is 0 Å². The molecule has 4 aromatic rings. The van der Waals surface area contributed by atoms with E-state index in [1.54, 1.807) is 51.1 Å². The maximum atomic E-state index is 15.9. The van der Waals surface area contributed by atoms with Crippen LogP contribution in [0.25, 0.3) is 21.9 Å². The number of nitrogens with zero attached hydrogens (tertiary/aromatic N) is 4. The maximum Gasteiger partial charge on any atom is 0.415 e. The zero-order valence-electron chi connectivity index (χ0n) is 23.3. The normalized spacial score (nSPS) is 14.6. The van der Waals surface area contributed by atoms with E-state index in [4.69, 9.17) is 21.1 Å². The van der Waals surface area contributed by atoms with Crippen LogP contribution in [0.1, 0.15) is 54.0 Å². The van der Waals surface area contributed by atoms with Crippen LogP contribution >= 0.6 is 11.6 Å². The van der Waals surface area contributed by atoms with Crippen molar-refractivity contribution >= 4 is 51.8 Å². The van der Waals surface area contributed by atoms with Crippen LogP contribution in [-0.4, -0.2) is 46.6 Å². The van der Waals surface area contributed by atoms with E-state index >= 15 is 4.39 Å². The van der Waals surface area contributed by atoms with E-state index in [-0.39, 0.29) is 46.6 Å². The molecule has 0 spiro atoms. The molecule has 0 bridgehead atoms. The number of aromatic nitrogens is 2. The second kappa shape index (κ2) is 10.1. The van der Waals surface area contributed by atoms with Gasteiger partial charge in [0.1, 0.15) is 29.5 Å². The van der Waals surface area contributed by atoms with Crippen LogP contribution in [0.4, 0.5) is 20.7 Å². The third kappa shape index (κ3) is 4.42. The number of imide groups is 1. The number of halogens is 2. The molecule has 0 unspecified atom stereocenters. The van der Waals surface area contributed by atoms with Gasteiger partial charge in [-0.25, -0.2) is 24.1 Å². The molecule has 0 N–H and O–H groups in total. The maximum absolute atomic E-state index is 15.9. The molecule has 6 rings (SSSR count). The van der Waals surface area contributed by atoms with Crippen LogP contribution in [0, 0.1) is 5.82 Å². The molecule has 2 aliphatic rings. The average molecular weight is 589 g/mol. The van der Waals surface area contributed by atoms with Gasteiger partial charge in [-0.3, -0.25) is 14.5 Å². The molecule has 11 heteroatoms. The Bertz CT molecular complexity index is 1780. The molecule has 9 nitrogen and oxygen atoms in total. The smallest absolute Gasteiger partial charge is 0.415 e. The van der Waals surface area contributed by atoms with Crippen molar-refractivity contribution in [3.8, 4) is 17.0 Å². The molecule has 0 saturated heterocycles. The van der Waals surface area contributed by atoms with Crippen LogP contribution in [-0.2, 0) is 11.2 Å². The average Bonchev–Trinajstić information content (AvgIpc) is 3.22. The Balaban J connectivity index is 1.48. The summed E-state index contributed by atoms with van der Waals surface area (Å²) in [5, 5.41) is 0.586. The lowest BCUT2D eigenvalue weighted by Gasteiger charge is -2.33. The lowest BCUT2D eigenvalue weighted by Crippen LogP contribution is -2.42. The quantitative estimate of drug-likeness (QED) is 0.249. The molecule has 0 fully saturated rings. The van der Waals surface area contributed by atoms with Gasteiger partial charge in [0.05, 0.1) is 22.7 Å². The molecule has 2 aromatic carbocycles. The number of pyridine rings is 2. The minimum atomic E-state index is -0.726. The Morgan fingerprint density at radius 2 is 1.74 bits per heavy atom. The third-order valence-corrected chi connectivity index (χ3v) is 7.49. The standard InChI is InChI=1S/C31H26ClFN4O5/c1-5-17-22(15-35-27-26(17)36(10-11-41-27)30(40)42-31(2,3)4)20-12-16-13-23(34-14-21(16)24(32)25(20)33)37-28(38)18-8-6-7-9-19(18)29(37)39/h6-9,12-15H,5,10-11H2,1-4H3. The lowest BCUT2D eigenvalue weighted by atomic mass is 9.95. The summed E-state index contributed by atoms with van der Waals surface area (Å²) >= 11 is 6.52. The van der Waals surface area contributed by atoms with Crippen molar-refractivity contribution in [1.29, 1.82) is 0 Å². The summed E-state index contributed by atoms with van der Waals surface area (Å²) in [5.74, 6) is -1.35. The van der Waals surface area contributed by atoms with Crippen LogP contribution in [0.2, 0.25) is 5.02 Å². The minimum absolute atomic E-state index is 0.0890. The fourth-order valence-electron chi connectivity index (χ4n) is 5.27. The van der Waals surface area contributed by atoms with Crippen molar-refractivity contribution in [2.24, 2.45) is 0 Å². The highest BCUT2D eigenvalue weighted by Crippen LogP contribution is 2.43. The second-order valence-corrected chi connectivity index (χ2v) is 11.3. The summed E-state index contributed by atoms with van der Waals surface area (Å²) in [4.78, 5) is 50.4. The molecular weight excluding hydrogens is 563 g/mol. The van der Waals surface area contributed by atoms with Gasteiger partial charge in [-0.05, 0) is 62.4 Å². The van der Waals surface area contributed by atoms with Gasteiger partial charge in [0.25, 0.3) is 11.8 Å². The monoisotopic (exact) mass is 588 g/mol. The predicted molar refractivity (Wildman–Crippen MR) is 156 cm³/mol. The number of benzene rings is 2. The van der Waals surface area contributed by atoms with Crippen molar-refractivity contribution in [2.45, 2.75) is 39.7 Å². The van der Waals surface area contributed by atoms with Crippen LogP contribution in [0.15, 0.2) is 48.8 Å². The van der Waals surface area contributed by atoms with Crippen molar-refractivity contribution in [1.82, 2.24) is 9.97 Å². The molecule has 0 aliphatic carbocycles. The highest BCUT2D eigenvalue weighted by molar-refractivity contribution is 6.37. The van der Waals surface area contributed by atoms with Crippen molar-refractivity contribution in [3.63, 3.8) is 0 Å². The number of anilines is 2. The van der Waals surface area contributed by atoms with Gasteiger partial charge >= 0.3 is 6.09 Å². The first kappa shape index (κ1) is 27.6. The number of hydrogen-bond donors (Lipinski definition) is 0. The molecule has 0 saturated carbocycles. The van der Waals surface area contributed by atoms with E-state index in [1.807, 2.05) is 6.92 Å². The van der Waals surface area contributed by atoms with Gasteiger partial charge in [-0.1, -0.05) is 30.7 Å². The number of amides is 3. The van der Waals surface area contributed by atoms with Gasteiger partial charge < -0.3 is 9.47 Å². The highest BCUT2D eigenvalue weighted by atomic mass is 35.5. The number of ether oxygens (including phenoxy) is 2. The molecule has 0 radical (unpaired) electrons. The van der Waals surface area contributed by atoms with Gasteiger partial charge in [-0.15, -0.1) is 0 Å². The molecule has 214 valence electrons. The third-order valence-electron chi connectivity index (χ3n) is 7.12. The summed E-state index contributed by atoms with van der Waals surface area (Å²) in [6, 6.07) is 9.64. The zero-order valence-corrected chi connectivity index (χ0v) is 24.1.